The molecule has 0 saturated carbocycles. The van der Waals surface area contributed by atoms with Gasteiger partial charge in [-0.3, -0.25) is 9.59 Å². The van der Waals surface area contributed by atoms with E-state index in [2.05, 4.69) is 24.5 Å². The van der Waals surface area contributed by atoms with Gasteiger partial charge in [0.2, 0.25) is 5.91 Å². The maximum atomic E-state index is 12.8. The predicted molar refractivity (Wildman–Crippen MR) is 137 cm³/mol. The maximum Gasteiger partial charge on any atom is 0.253 e. The molecule has 3 aromatic rings. The molecule has 0 saturated heterocycles. The highest BCUT2D eigenvalue weighted by Crippen LogP contribution is 2.17. The van der Waals surface area contributed by atoms with Gasteiger partial charge >= 0.3 is 0 Å². The van der Waals surface area contributed by atoms with Crippen molar-refractivity contribution in [1.82, 2.24) is 4.90 Å². The number of hydrogen-bond donors (Lipinski definition) is 2. The van der Waals surface area contributed by atoms with Crippen molar-refractivity contribution < 1.29 is 14.3 Å². The number of nitrogens with one attached hydrogen (secondary N) is 2. The summed E-state index contributed by atoms with van der Waals surface area (Å²) >= 11 is 0. The van der Waals surface area contributed by atoms with Crippen LogP contribution in [0.15, 0.2) is 78.9 Å². The second-order valence-electron chi connectivity index (χ2n) is 8.68. The molecule has 0 aliphatic carbocycles. The van der Waals surface area contributed by atoms with Crippen LogP contribution in [0.2, 0.25) is 0 Å². The van der Waals surface area contributed by atoms with E-state index in [1.165, 1.54) is 0 Å². The van der Waals surface area contributed by atoms with E-state index in [1.54, 1.807) is 24.1 Å². The van der Waals surface area contributed by atoms with Crippen molar-refractivity contribution in [2.24, 2.45) is 5.92 Å². The van der Waals surface area contributed by atoms with Gasteiger partial charge in [0.1, 0.15) is 5.75 Å². The molecule has 178 valence electrons. The minimum atomic E-state index is -0.175. The molecule has 0 spiro atoms. The van der Waals surface area contributed by atoms with Gasteiger partial charge in [-0.25, -0.2) is 0 Å². The van der Waals surface area contributed by atoms with Crippen molar-refractivity contribution >= 4 is 23.2 Å². The lowest BCUT2D eigenvalue weighted by Gasteiger charge is -2.18. The third kappa shape index (κ3) is 7.96. The van der Waals surface area contributed by atoms with Gasteiger partial charge in [-0.2, -0.15) is 0 Å². The van der Waals surface area contributed by atoms with Crippen LogP contribution in [-0.4, -0.2) is 36.9 Å². The summed E-state index contributed by atoms with van der Waals surface area (Å²) in [7, 11) is 1.78. The molecule has 0 bridgehead atoms. The van der Waals surface area contributed by atoms with Crippen LogP contribution in [-0.2, 0) is 11.3 Å². The van der Waals surface area contributed by atoms with E-state index in [0.29, 0.717) is 36.0 Å². The average Bonchev–Trinajstić information content (AvgIpc) is 2.84. The van der Waals surface area contributed by atoms with E-state index < -0.39 is 0 Å². The Labute approximate surface area is 201 Å². The molecule has 0 atom stereocenters. The predicted octanol–water partition coefficient (Wildman–Crippen LogP) is 5.43. The lowest BCUT2D eigenvalue weighted by molar-refractivity contribution is -0.114. The van der Waals surface area contributed by atoms with Crippen LogP contribution >= 0.6 is 0 Å². The Hall–Kier alpha value is -3.80. The van der Waals surface area contributed by atoms with E-state index in [1.807, 2.05) is 66.7 Å². The van der Waals surface area contributed by atoms with Gasteiger partial charge < -0.3 is 20.3 Å². The molecule has 6 nitrogen and oxygen atoms in total. The Morgan fingerprint density at radius 1 is 0.912 bits per heavy atom. The van der Waals surface area contributed by atoms with E-state index >= 15 is 0 Å². The van der Waals surface area contributed by atoms with Crippen LogP contribution < -0.4 is 15.4 Å². The van der Waals surface area contributed by atoms with Crippen LogP contribution in [0.4, 0.5) is 11.4 Å². The molecule has 3 rings (SSSR count). The highest BCUT2D eigenvalue weighted by Gasteiger charge is 2.13. The van der Waals surface area contributed by atoms with Crippen molar-refractivity contribution in [3.63, 3.8) is 0 Å². The van der Waals surface area contributed by atoms with Crippen molar-refractivity contribution in [2.75, 3.05) is 30.8 Å². The van der Waals surface area contributed by atoms with Crippen LogP contribution in [0.5, 0.6) is 5.75 Å². The number of benzene rings is 3. The smallest absolute Gasteiger partial charge is 0.253 e. The minimum absolute atomic E-state index is 0.0762. The quantitative estimate of drug-likeness (QED) is 0.401. The first-order valence-electron chi connectivity index (χ1n) is 11.6. The largest absolute Gasteiger partial charge is 0.494 e. The standard InChI is InChI=1S/C28H33N3O3/c1-21(2)16-17-34-26-14-12-24(13-15-26)30-27(32)19-29-25-11-7-10-23(18-25)28(33)31(3)20-22-8-5-4-6-9-22/h4-15,18,21,29H,16-17,19-20H2,1-3H3,(H,30,32). The zero-order chi connectivity index (χ0) is 24.3. The third-order valence-electron chi connectivity index (χ3n) is 5.27. The Kier molecular flexibility index (Phi) is 9.09. The normalized spacial score (nSPS) is 10.6. The second-order valence-corrected chi connectivity index (χ2v) is 8.68. The summed E-state index contributed by atoms with van der Waals surface area (Å²) in [5.41, 5.74) is 3.05. The van der Waals surface area contributed by atoms with E-state index in [0.717, 1.165) is 17.7 Å². The van der Waals surface area contributed by atoms with Crippen LogP contribution in [0.1, 0.15) is 36.2 Å². The van der Waals surface area contributed by atoms with E-state index in [4.69, 9.17) is 4.74 Å². The zero-order valence-electron chi connectivity index (χ0n) is 20.1. The molecule has 0 aliphatic heterocycles. The summed E-state index contributed by atoms with van der Waals surface area (Å²) in [5, 5.41) is 5.96. The number of carbonyl (C=O) groups is 2. The number of nitrogens with zero attached hydrogens (tertiary/aromatic N) is 1. The molecular weight excluding hydrogens is 426 g/mol. The van der Waals surface area contributed by atoms with Gasteiger partial charge in [-0.05, 0) is 60.4 Å². The Morgan fingerprint density at radius 2 is 1.65 bits per heavy atom. The molecule has 0 aliphatic rings. The zero-order valence-corrected chi connectivity index (χ0v) is 20.1. The molecule has 2 amide bonds. The van der Waals surface area contributed by atoms with E-state index in [-0.39, 0.29) is 18.4 Å². The van der Waals surface area contributed by atoms with Crippen molar-refractivity contribution in [3.05, 3.63) is 90.0 Å². The first-order chi connectivity index (χ1) is 16.4. The van der Waals surface area contributed by atoms with Crippen molar-refractivity contribution in [1.29, 1.82) is 0 Å². The summed E-state index contributed by atoms with van der Waals surface area (Å²) in [5.74, 6) is 1.13. The van der Waals surface area contributed by atoms with E-state index in [9.17, 15) is 9.59 Å². The topological polar surface area (TPSA) is 70.7 Å². The number of rotatable bonds is 11. The summed E-state index contributed by atoms with van der Waals surface area (Å²) < 4.78 is 5.71. The van der Waals surface area contributed by atoms with Crippen LogP contribution in [0.25, 0.3) is 0 Å². The van der Waals surface area contributed by atoms with Gasteiger partial charge in [0.05, 0.1) is 13.2 Å². The fraction of sp³-hybridized carbons (Fsp3) is 0.286. The average molecular weight is 460 g/mol. The molecule has 0 unspecified atom stereocenters. The highest BCUT2D eigenvalue weighted by molar-refractivity contribution is 5.96. The molecule has 34 heavy (non-hydrogen) atoms. The van der Waals surface area contributed by atoms with Gasteiger partial charge in [-0.15, -0.1) is 0 Å². The molecule has 6 heteroatoms. The summed E-state index contributed by atoms with van der Waals surface area (Å²) in [6.07, 6.45) is 1.00. The number of ether oxygens (including phenoxy) is 1. The van der Waals surface area contributed by atoms with Crippen LogP contribution in [0, 0.1) is 5.92 Å². The molecule has 0 fully saturated rings. The van der Waals surface area contributed by atoms with Crippen molar-refractivity contribution in [3.8, 4) is 5.75 Å². The molecular formula is C28H33N3O3. The molecule has 0 heterocycles. The second kappa shape index (κ2) is 12.4. The lowest BCUT2D eigenvalue weighted by atomic mass is 10.1. The summed E-state index contributed by atoms with van der Waals surface area (Å²) in [6, 6.07) is 24.4. The lowest BCUT2D eigenvalue weighted by Crippen LogP contribution is -2.26. The number of amides is 2. The third-order valence-corrected chi connectivity index (χ3v) is 5.27. The van der Waals surface area contributed by atoms with Gasteiger partial charge in [-0.1, -0.05) is 50.2 Å². The maximum absolute atomic E-state index is 12.8. The Bertz CT molecular complexity index is 1070. The fourth-order valence-corrected chi connectivity index (χ4v) is 3.35. The highest BCUT2D eigenvalue weighted by atomic mass is 16.5. The summed E-state index contributed by atoms with van der Waals surface area (Å²) in [4.78, 5) is 26.9. The molecule has 3 aromatic carbocycles. The fourth-order valence-electron chi connectivity index (χ4n) is 3.35. The SMILES string of the molecule is CC(C)CCOc1ccc(NC(=O)CNc2cccc(C(=O)N(C)Cc3ccccc3)c2)cc1. The van der Waals surface area contributed by atoms with Crippen molar-refractivity contribution in [2.45, 2.75) is 26.8 Å². The summed E-state index contributed by atoms with van der Waals surface area (Å²) in [6.45, 7) is 5.62. The first-order valence-corrected chi connectivity index (χ1v) is 11.6. The van der Waals surface area contributed by atoms with Crippen LogP contribution in [0.3, 0.4) is 0 Å². The first kappa shape index (κ1) is 24.8. The molecule has 0 aromatic heterocycles. The molecule has 2 N–H and O–H groups in total. The van der Waals surface area contributed by atoms with Gasteiger partial charge in [0.15, 0.2) is 0 Å². The molecule has 0 radical (unpaired) electrons. The number of carbonyl (C=O) groups excluding carboxylic acids is 2. The Balaban J connectivity index is 1.48. The monoisotopic (exact) mass is 459 g/mol. The number of anilines is 2. The minimum Gasteiger partial charge on any atom is -0.494 e. The van der Waals surface area contributed by atoms with Gasteiger partial charge in [0, 0.05) is 30.5 Å². The Morgan fingerprint density at radius 3 is 2.35 bits per heavy atom. The van der Waals surface area contributed by atoms with Gasteiger partial charge in [0.25, 0.3) is 5.91 Å². The number of hydrogen-bond acceptors (Lipinski definition) is 4.